The molecule has 0 bridgehead atoms. The molecule has 96 valence electrons. The van der Waals surface area contributed by atoms with E-state index in [1.807, 2.05) is 30.3 Å². The first-order chi connectivity index (χ1) is 9.24. The second-order valence-corrected chi connectivity index (χ2v) is 5.69. The van der Waals surface area contributed by atoms with Gasteiger partial charge in [0.15, 0.2) is 0 Å². The average Bonchev–Trinajstić information content (AvgIpc) is 2.82. The molecule has 3 heteroatoms. The van der Waals surface area contributed by atoms with Gasteiger partial charge in [0.05, 0.1) is 0 Å². The number of anilines is 1. The van der Waals surface area contributed by atoms with Crippen LogP contribution in [0.25, 0.3) is 10.1 Å². The molecule has 0 spiro atoms. The molecule has 0 unspecified atom stereocenters. The van der Waals surface area contributed by atoms with Crippen molar-refractivity contribution in [2.75, 3.05) is 5.73 Å². The molecule has 2 nitrogen and oxygen atoms in total. The number of nitrogen functional groups attached to an aromatic ring is 1. The smallest absolute Gasteiger partial charge is 0.122 e. The number of aryl methyl sites for hydroxylation is 1. The van der Waals surface area contributed by atoms with Crippen LogP contribution in [0.5, 0.6) is 5.75 Å². The minimum Gasteiger partial charge on any atom is -0.488 e. The third-order valence-corrected chi connectivity index (χ3v) is 4.18. The number of rotatable bonds is 3. The number of para-hydroxylation sites is 1. The van der Waals surface area contributed by atoms with Crippen LogP contribution in [0.3, 0.4) is 0 Å². The molecule has 0 fully saturated rings. The van der Waals surface area contributed by atoms with E-state index in [0.29, 0.717) is 6.61 Å². The lowest BCUT2D eigenvalue weighted by Crippen LogP contribution is -1.94. The minimum absolute atomic E-state index is 0.587. The van der Waals surface area contributed by atoms with Gasteiger partial charge in [0, 0.05) is 20.7 Å². The lowest BCUT2D eigenvalue weighted by atomic mass is 10.2. The molecule has 3 rings (SSSR count). The Bertz CT molecular complexity index is 718. The van der Waals surface area contributed by atoms with Crippen molar-refractivity contribution in [3.05, 3.63) is 59.0 Å². The highest BCUT2D eigenvalue weighted by Crippen LogP contribution is 2.30. The molecule has 0 amide bonds. The normalized spacial score (nSPS) is 10.8. The van der Waals surface area contributed by atoms with E-state index in [1.165, 1.54) is 9.58 Å². The number of fused-ring (bicyclic) bond motifs is 1. The Morgan fingerprint density at radius 2 is 1.95 bits per heavy atom. The Labute approximate surface area is 116 Å². The van der Waals surface area contributed by atoms with Crippen LogP contribution in [0, 0.1) is 6.92 Å². The summed E-state index contributed by atoms with van der Waals surface area (Å²) in [5.74, 6) is 0.938. The first-order valence-electron chi connectivity index (χ1n) is 6.19. The average molecular weight is 269 g/mol. The van der Waals surface area contributed by atoms with Crippen LogP contribution in [0.1, 0.15) is 10.4 Å². The summed E-state index contributed by atoms with van der Waals surface area (Å²) in [6.07, 6.45) is 0. The number of nitrogens with two attached hydrogens (primary N) is 1. The summed E-state index contributed by atoms with van der Waals surface area (Å²) < 4.78 is 7.07. The Morgan fingerprint density at radius 3 is 2.74 bits per heavy atom. The van der Waals surface area contributed by atoms with E-state index in [4.69, 9.17) is 10.5 Å². The number of benzene rings is 2. The van der Waals surface area contributed by atoms with Crippen molar-refractivity contribution in [3.8, 4) is 5.75 Å². The van der Waals surface area contributed by atoms with Gasteiger partial charge in [-0.05, 0) is 36.8 Å². The zero-order valence-electron chi connectivity index (χ0n) is 10.7. The molecule has 2 N–H and O–H groups in total. The number of ether oxygens (including phenoxy) is 1. The quantitative estimate of drug-likeness (QED) is 0.716. The molecule has 0 atom stereocenters. The number of hydrogen-bond donors (Lipinski definition) is 1. The molecule has 19 heavy (non-hydrogen) atoms. The number of hydrogen-bond acceptors (Lipinski definition) is 3. The summed E-state index contributed by atoms with van der Waals surface area (Å²) in [7, 11) is 0. The molecule has 0 aliphatic heterocycles. The largest absolute Gasteiger partial charge is 0.488 e. The highest BCUT2D eigenvalue weighted by atomic mass is 32.1. The van der Waals surface area contributed by atoms with Crippen LogP contribution in [0.2, 0.25) is 0 Å². The zero-order chi connectivity index (χ0) is 13.2. The van der Waals surface area contributed by atoms with Gasteiger partial charge >= 0.3 is 0 Å². The summed E-state index contributed by atoms with van der Waals surface area (Å²) in [5.41, 5.74) is 7.95. The summed E-state index contributed by atoms with van der Waals surface area (Å²) in [4.78, 5) is 1.19. The molecule has 1 heterocycles. The van der Waals surface area contributed by atoms with Crippen molar-refractivity contribution < 1.29 is 4.74 Å². The SMILES string of the molecule is Cc1ccccc1OCc1cc2c(N)cccc2s1. The van der Waals surface area contributed by atoms with E-state index in [0.717, 1.165) is 22.4 Å². The van der Waals surface area contributed by atoms with Crippen molar-refractivity contribution in [3.63, 3.8) is 0 Å². The molecule has 3 aromatic rings. The molecular formula is C16H15NOS. The van der Waals surface area contributed by atoms with Gasteiger partial charge in [0.2, 0.25) is 0 Å². The topological polar surface area (TPSA) is 35.2 Å². The Kier molecular flexibility index (Phi) is 3.13. The van der Waals surface area contributed by atoms with Crippen molar-refractivity contribution in [1.82, 2.24) is 0 Å². The molecule has 0 aliphatic rings. The van der Waals surface area contributed by atoms with Crippen LogP contribution in [-0.2, 0) is 6.61 Å². The van der Waals surface area contributed by atoms with Gasteiger partial charge in [0.25, 0.3) is 0 Å². The monoisotopic (exact) mass is 269 g/mol. The fraction of sp³-hybridized carbons (Fsp3) is 0.125. The van der Waals surface area contributed by atoms with Gasteiger partial charge in [-0.25, -0.2) is 0 Å². The van der Waals surface area contributed by atoms with Gasteiger partial charge in [-0.2, -0.15) is 0 Å². The summed E-state index contributed by atoms with van der Waals surface area (Å²) in [5, 5.41) is 1.12. The fourth-order valence-corrected chi connectivity index (χ4v) is 3.08. The summed E-state index contributed by atoms with van der Waals surface area (Å²) in [6.45, 7) is 2.64. The first kappa shape index (κ1) is 12.1. The van der Waals surface area contributed by atoms with Gasteiger partial charge in [-0.15, -0.1) is 11.3 Å². The predicted octanol–water partition coefficient (Wildman–Crippen LogP) is 4.37. The predicted molar refractivity (Wildman–Crippen MR) is 81.7 cm³/mol. The lowest BCUT2D eigenvalue weighted by molar-refractivity contribution is 0.308. The standard InChI is InChI=1S/C16H15NOS/c1-11-5-2-3-7-15(11)18-10-12-9-13-14(17)6-4-8-16(13)19-12/h2-9H,10,17H2,1H3. The van der Waals surface area contributed by atoms with Crippen molar-refractivity contribution in [1.29, 1.82) is 0 Å². The van der Waals surface area contributed by atoms with Crippen molar-refractivity contribution >= 4 is 27.1 Å². The van der Waals surface area contributed by atoms with Crippen LogP contribution in [0.4, 0.5) is 5.69 Å². The van der Waals surface area contributed by atoms with Crippen LogP contribution >= 0.6 is 11.3 Å². The highest BCUT2D eigenvalue weighted by Gasteiger charge is 2.05. The van der Waals surface area contributed by atoms with E-state index in [-0.39, 0.29) is 0 Å². The molecule has 0 radical (unpaired) electrons. The molecule has 0 aliphatic carbocycles. The zero-order valence-corrected chi connectivity index (χ0v) is 11.5. The molecular weight excluding hydrogens is 254 g/mol. The second kappa shape index (κ2) is 4.94. The maximum absolute atomic E-state index is 5.97. The molecule has 2 aromatic carbocycles. The third kappa shape index (κ3) is 2.42. The van der Waals surface area contributed by atoms with E-state index in [2.05, 4.69) is 25.1 Å². The first-order valence-corrected chi connectivity index (χ1v) is 7.01. The maximum Gasteiger partial charge on any atom is 0.122 e. The Morgan fingerprint density at radius 1 is 1.11 bits per heavy atom. The molecule has 0 saturated heterocycles. The van der Waals surface area contributed by atoms with Crippen molar-refractivity contribution in [2.45, 2.75) is 13.5 Å². The van der Waals surface area contributed by atoms with Gasteiger partial charge < -0.3 is 10.5 Å². The molecule has 1 aromatic heterocycles. The highest BCUT2D eigenvalue weighted by molar-refractivity contribution is 7.19. The maximum atomic E-state index is 5.97. The number of thiophene rings is 1. The van der Waals surface area contributed by atoms with E-state index in [9.17, 15) is 0 Å². The van der Waals surface area contributed by atoms with Crippen molar-refractivity contribution in [2.24, 2.45) is 0 Å². The van der Waals surface area contributed by atoms with Crippen LogP contribution in [0.15, 0.2) is 48.5 Å². The fourth-order valence-electron chi connectivity index (χ4n) is 2.07. The Hall–Kier alpha value is -2.00. The minimum atomic E-state index is 0.587. The van der Waals surface area contributed by atoms with Gasteiger partial charge in [-0.3, -0.25) is 0 Å². The van der Waals surface area contributed by atoms with E-state index in [1.54, 1.807) is 11.3 Å². The molecule has 0 saturated carbocycles. The third-order valence-electron chi connectivity index (χ3n) is 3.11. The Balaban J connectivity index is 1.83. The van der Waals surface area contributed by atoms with Crippen LogP contribution in [-0.4, -0.2) is 0 Å². The summed E-state index contributed by atoms with van der Waals surface area (Å²) >= 11 is 1.73. The van der Waals surface area contributed by atoms with Crippen LogP contribution < -0.4 is 10.5 Å². The van der Waals surface area contributed by atoms with E-state index >= 15 is 0 Å². The van der Waals surface area contributed by atoms with Gasteiger partial charge in [0.1, 0.15) is 12.4 Å². The second-order valence-electron chi connectivity index (χ2n) is 4.53. The lowest BCUT2D eigenvalue weighted by Gasteiger charge is -2.06. The van der Waals surface area contributed by atoms with Gasteiger partial charge in [-0.1, -0.05) is 24.3 Å². The van der Waals surface area contributed by atoms with E-state index < -0.39 is 0 Å². The summed E-state index contributed by atoms with van der Waals surface area (Å²) in [6, 6.07) is 16.2.